The van der Waals surface area contributed by atoms with Gasteiger partial charge in [-0.05, 0) is 19.1 Å². The van der Waals surface area contributed by atoms with E-state index in [9.17, 15) is 4.39 Å². The number of anilines is 1. The summed E-state index contributed by atoms with van der Waals surface area (Å²) in [6.45, 7) is 1.40. The first-order valence-corrected chi connectivity index (χ1v) is 9.29. The highest BCUT2D eigenvalue weighted by Crippen LogP contribution is 2.40. The van der Waals surface area contributed by atoms with Crippen LogP contribution in [0.2, 0.25) is 5.15 Å². The third-order valence-electron chi connectivity index (χ3n) is 4.42. The molecule has 2 aliphatic heterocycles. The average molecular weight is 355 g/mol. The normalized spacial score (nSPS) is 20.7. The summed E-state index contributed by atoms with van der Waals surface area (Å²) >= 11 is 7.32. The summed E-state index contributed by atoms with van der Waals surface area (Å²) in [6, 6.07) is 0.223. The summed E-state index contributed by atoms with van der Waals surface area (Å²) in [4.78, 5) is 15.3. The molecule has 2 aromatic rings. The molecule has 0 saturated carbocycles. The van der Waals surface area contributed by atoms with Gasteiger partial charge in [0, 0.05) is 6.54 Å². The zero-order valence-electron chi connectivity index (χ0n) is 12.7. The standard InChI is InChI=1S/C15H16ClFN4OS/c1-23-15-18-11-9-13(20-15)21-6-4-2-3-5-8(21)7-22-14(9)19-12(16)10(11)17/h8H,2-7H2,1H3/t8-/m0/s1. The molecule has 8 heteroatoms. The largest absolute Gasteiger partial charge is 0.475 e. The van der Waals surface area contributed by atoms with E-state index in [4.69, 9.17) is 16.3 Å². The molecule has 4 rings (SSSR count). The van der Waals surface area contributed by atoms with Gasteiger partial charge in [-0.2, -0.15) is 4.98 Å². The van der Waals surface area contributed by atoms with Gasteiger partial charge in [0.05, 0.1) is 6.04 Å². The molecule has 0 N–H and O–H groups in total. The lowest BCUT2D eigenvalue weighted by molar-refractivity contribution is 0.274. The van der Waals surface area contributed by atoms with Crippen molar-refractivity contribution in [1.29, 1.82) is 0 Å². The number of fused-ring (bicyclic) bond motifs is 2. The van der Waals surface area contributed by atoms with E-state index in [1.807, 2.05) is 6.26 Å². The van der Waals surface area contributed by atoms with Gasteiger partial charge in [-0.15, -0.1) is 0 Å². The molecule has 0 aromatic carbocycles. The number of thioether (sulfide) groups is 1. The highest BCUT2D eigenvalue weighted by Gasteiger charge is 2.32. The Kier molecular flexibility index (Phi) is 3.93. The van der Waals surface area contributed by atoms with Crippen molar-refractivity contribution in [3.63, 3.8) is 0 Å². The molecule has 0 radical (unpaired) electrons. The van der Waals surface area contributed by atoms with Crippen LogP contribution < -0.4 is 9.64 Å². The lowest BCUT2D eigenvalue weighted by Crippen LogP contribution is -2.38. The van der Waals surface area contributed by atoms with Crippen molar-refractivity contribution in [3.8, 4) is 5.88 Å². The fourth-order valence-corrected chi connectivity index (χ4v) is 3.81. The molecular formula is C15H16ClFN4OS. The Hall–Kier alpha value is -1.34. The smallest absolute Gasteiger partial charge is 0.228 e. The van der Waals surface area contributed by atoms with E-state index in [-0.39, 0.29) is 16.7 Å². The third kappa shape index (κ3) is 2.50. The van der Waals surface area contributed by atoms with Crippen LogP contribution in [0, 0.1) is 5.82 Å². The van der Waals surface area contributed by atoms with Crippen LogP contribution in [0.4, 0.5) is 10.2 Å². The van der Waals surface area contributed by atoms with E-state index < -0.39 is 5.82 Å². The number of halogens is 2. The Bertz CT molecular complexity index is 775. The second kappa shape index (κ2) is 5.94. The van der Waals surface area contributed by atoms with Crippen molar-refractivity contribution < 1.29 is 9.13 Å². The summed E-state index contributed by atoms with van der Waals surface area (Å²) in [5.74, 6) is 0.449. The monoisotopic (exact) mass is 354 g/mol. The van der Waals surface area contributed by atoms with Crippen molar-refractivity contribution in [2.24, 2.45) is 0 Å². The second-order valence-electron chi connectivity index (χ2n) is 5.79. The second-order valence-corrected chi connectivity index (χ2v) is 6.92. The number of aromatic nitrogens is 3. The zero-order chi connectivity index (χ0) is 16.0. The Morgan fingerprint density at radius 1 is 1.26 bits per heavy atom. The quantitative estimate of drug-likeness (QED) is 0.442. The maximum Gasteiger partial charge on any atom is 0.228 e. The summed E-state index contributed by atoms with van der Waals surface area (Å²) in [5, 5.41) is 0.861. The van der Waals surface area contributed by atoms with Crippen molar-refractivity contribution in [2.45, 2.75) is 36.9 Å². The van der Waals surface area contributed by atoms with E-state index >= 15 is 0 Å². The molecule has 0 unspecified atom stereocenters. The van der Waals surface area contributed by atoms with Gasteiger partial charge in [0.2, 0.25) is 5.88 Å². The Morgan fingerprint density at radius 3 is 2.96 bits per heavy atom. The first-order valence-electron chi connectivity index (χ1n) is 7.69. The molecule has 0 aliphatic carbocycles. The molecule has 5 nitrogen and oxygen atoms in total. The van der Waals surface area contributed by atoms with Gasteiger partial charge in [0.1, 0.15) is 23.3 Å². The minimum atomic E-state index is -0.610. The van der Waals surface area contributed by atoms with E-state index in [1.165, 1.54) is 18.2 Å². The van der Waals surface area contributed by atoms with Gasteiger partial charge < -0.3 is 9.64 Å². The molecule has 122 valence electrons. The SMILES string of the molecule is CSc1nc2c3c(nc(Cl)c(F)c3n1)OC[C@@H]1CCCCCN21. The van der Waals surface area contributed by atoms with Gasteiger partial charge in [0.25, 0.3) is 0 Å². The first kappa shape index (κ1) is 15.2. The van der Waals surface area contributed by atoms with E-state index in [0.717, 1.165) is 31.6 Å². The molecule has 4 heterocycles. The van der Waals surface area contributed by atoms with Crippen molar-refractivity contribution in [1.82, 2.24) is 15.0 Å². The summed E-state index contributed by atoms with van der Waals surface area (Å²) in [5.41, 5.74) is 0.194. The van der Waals surface area contributed by atoms with E-state index in [1.54, 1.807) is 0 Å². The van der Waals surface area contributed by atoms with Crippen LogP contribution in [0.3, 0.4) is 0 Å². The van der Waals surface area contributed by atoms with E-state index in [2.05, 4.69) is 19.9 Å². The fourth-order valence-electron chi connectivity index (χ4n) is 3.28. The predicted molar refractivity (Wildman–Crippen MR) is 89.2 cm³/mol. The number of nitrogens with zero attached hydrogens (tertiary/aromatic N) is 4. The van der Waals surface area contributed by atoms with Crippen molar-refractivity contribution in [3.05, 3.63) is 11.0 Å². The molecule has 2 aromatic heterocycles. The number of ether oxygens (including phenoxy) is 1. The molecule has 1 fully saturated rings. The van der Waals surface area contributed by atoms with Gasteiger partial charge in [-0.1, -0.05) is 36.2 Å². The van der Waals surface area contributed by atoms with Crippen LogP contribution in [0.5, 0.6) is 5.88 Å². The third-order valence-corrected chi connectivity index (χ3v) is 5.21. The van der Waals surface area contributed by atoms with Crippen molar-refractivity contribution in [2.75, 3.05) is 24.3 Å². The minimum Gasteiger partial charge on any atom is -0.475 e. The Balaban J connectivity index is 2.02. The van der Waals surface area contributed by atoms with Crippen LogP contribution in [-0.4, -0.2) is 40.4 Å². The summed E-state index contributed by atoms with van der Waals surface area (Å²) in [7, 11) is 0. The molecule has 23 heavy (non-hydrogen) atoms. The maximum atomic E-state index is 14.5. The topological polar surface area (TPSA) is 51.1 Å². The van der Waals surface area contributed by atoms with Crippen LogP contribution in [-0.2, 0) is 0 Å². The Morgan fingerprint density at radius 2 is 2.13 bits per heavy atom. The maximum absolute atomic E-state index is 14.5. The molecule has 0 amide bonds. The fraction of sp³-hybridized carbons (Fsp3) is 0.533. The van der Waals surface area contributed by atoms with Crippen LogP contribution in [0.15, 0.2) is 5.16 Å². The number of hydrogen-bond donors (Lipinski definition) is 0. The van der Waals surface area contributed by atoms with Gasteiger partial charge >= 0.3 is 0 Å². The molecule has 0 bridgehead atoms. The Labute approximate surface area is 142 Å². The average Bonchev–Trinajstić information content (AvgIpc) is 2.87. The predicted octanol–water partition coefficient (Wildman–Crippen LogP) is 3.68. The number of hydrogen-bond acceptors (Lipinski definition) is 6. The summed E-state index contributed by atoms with van der Waals surface area (Å²) in [6.07, 6.45) is 6.35. The van der Waals surface area contributed by atoms with Gasteiger partial charge in [0.15, 0.2) is 16.1 Å². The lowest BCUT2D eigenvalue weighted by atomic mass is 10.1. The zero-order valence-corrected chi connectivity index (χ0v) is 14.3. The summed E-state index contributed by atoms with van der Waals surface area (Å²) < 4.78 is 20.4. The van der Waals surface area contributed by atoms with Gasteiger partial charge in [-0.3, -0.25) is 0 Å². The molecule has 1 saturated heterocycles. The van der Waals surface area contributed by atoms with Crippen molar-refractivity contribution >= 4 is 40.1 Å². The molecule has 1 atom stereocenters. The number of pyridine rings is 1. The van der Waals surface area contributed by atoms with E-state index in [0.29, 0.717) is 23.0 Å². The first-order chi connectivity index (χ1) is 11.2. The van der Waals surface area contributed by atoms with Crippen LogP contribution in [0.25, 0.3) is 10.9 Å². The highest BCUT2D eigenvalue weighted by atomic mass is 35.5. The van der Waals surface area contributed by atoms with Crippen LogP contribution in [0.1, 0.15) is 25.7 Å². The molecule has 2 aliphatic rings. The molecule has 0 spiro atoms. The van der Waals surface area contributed by atoms with Crippen LogP contribution >= 0.6 is 23.4 Å². The highest BCUT2D eigenvalue weighted by molar-refractivity contribution is 7.98. The number of rotatable bonds is 1. The molecular weight excluding hydrogens is 339 g/mol. The lowest BCUT2D eigenvalue weighted by Gasteiger charge is -2.29. The van der Waals surface area contributed by atoms with Gasteiger partial charge in [-0.25, -0.2) is 14.4 Å². The minimum absolute atomic E-state index is 0.194.